The van der Waals surface area contributed by atoms with Crippen LogP contribution < -0.4 is 5.32 Å². The van der Waals surface area contributed by atoms with Crippen LogP contribution in [-0.4, -0.2) is 23.0 Å². The second kappa shape index (κ2) is 7.11. The molecule has 0 aliphatic rings. The minimum atomic E-state index is -0.208. The van der Waals surface area contributed by atoms with E-state index in [0.717, 1.165) is 11.3 Å². The Labute approximate surface area is 137 Å². The first-order valence-corrected chi connectivity index (χ1v) is 8.01. The Kier molecular flexibility index (Phi) is 5.45. The SMILES string of the molecule is C[C@@H](NC(=O)N(C)Cc1cscn1)c1ccc(Cl)cc1Cl. The van der Waals surface area contributed by atoms with Gasteiger partial charge in [-0.05, 0) is 24.6 Å². The van der Waals surface area contributed by atoms with Gasteiger partial charge in [-0.3, -0.25) is 0 Å². The molecule has 1 aromatic carbocycles. The van der Waals surface area contributed by atoms with Crippen LogP contribution in [0.2, 0.25) is 10.0 Å². The number of nitrogens with zero attached hydrogens (tertiary/aromatic N) is 2. The van der Waals surface area contributed by atoms with E-state index in [1.807, 2.05) is 18.4 Å². The average molecular weight is 344 g/mol. The number of thiazole rings is 1. The molecule has 0 aliphatic carbocycles. The third-order valence-corrected chi connectivity index (χ3v) is 4.20. The van der Waals surface area contributed by atoms with Crippen LogP contribution in [0.1, 0.15) is 24.2 Å². The fourth-order valence-corrected chi connectivity index (χ4v) is 2.98. The number of carbonyl (C=O) groups is 1. The van der Waals surface area contributed by atoms with Gasteiger partial charge in [-0.25, -0.2) is 9.78 Å². The van der Waals surface area contributed by atoms with E-state index in [2.05, 4.69) is 10.3 Å². The fourth-order valence-electron chi connectivity index (χ4n) is 1.86. The number of benzene rings is 1. The molecule has 1 heterocycles. The first kappa shape index (κ1) is 16.1. The third kappa shape index (κ3) is 4.33. The third-order valence-electron chi connectivity index (χ3n) is 3.00. The minimum Gasteiger partial charge on any atom is -0.331 e. The zero-order valence-electron chi connectivity index (χ0n) is 11.6. The monoisotopic (exact) mass is 343 g/mol. The zero-order chi connectivity index (χ0) is 15.4. The number of rotatable bonds is 4. The highest BCUT2D eigenvalue weighted by atomic mass is 35.5. The van der Waals surface area contributed by atoms with Crippen LogP contribution in [0.5, 0.6) is 0 Å². The topological polar surface area (TPSA) is 45.2 Å². The predicted molar refractivity (Wildman–Crippen MR) is 87.0 cm³/mol. The van der Waals surface area contributed by atoms with Crippen molar-refractivity contribution < 1.29 is 4.79 Å². The summed E-state index contributed by atoms with van der Waals surface area (Å²) in [5, 5.41) is 5.94. The largest absolute Gasteiger partial charge is 0.331 e. The van der Waals surface area contributed by atoms with Crippen molar-refractivity contribution in [1.82, 2.24) is 15.2 Å². The molecule has 21 heavy (non-hydrogen) atoms. The lowest BCUT2D eigenvalue weighted by molar-refractivity contribution is 0.203. The molecule has 0 unspecified atom stereocenters. The Morgan fingerprint density at radius 2 is 2.24 bits per heavy atom. The fraction of sp³-hybridized carbons (Fsp3) is 0.286. The summed E-state index contributed by atoms with van der Waals surface area (Å²) in [5.74, 6) is 0. The lowest BCUT2D eigenvalue weighted by atomic mass is 10.1. The number of hydrogen-bond donors (Lipinski definition) is 1. The van der Waals surface area contributed by atoms with E-state index < -0.39 is 0 Å². The number of nitrogens with one attached hydrogen (secondary N) is 1. The van der Waals surface area contributed by atoms with Gasteiger partial charge in [0.15, 0.2) is 0 Å². The van der Waals surface area contributed by atoms with Gasteiger partial charge < -0.3 is 10.2 Å². The van der Waals surface area contributed by atoms with Crippen molar-refractivity contribution >= 4 is 40.6 Å². The quantitative estimate of drug-likeness (QED) is 0.896. The van der Waals surface area contributed by atoms with Crippen LogP contribution in [0.4, 0.5) is 4.79 Å². The summed E-state index contributed by atoms with van der Waals surface area (Å²) in [6.45, 7) is 2.35. The normalized spacial score (nSPS) is 12.0. The predicted octanol–water partition coefficient (Wildman–Crippen LogP) is 4.35. The molecule has 1 aromatic heterocycles. The van der Waals surface area contributed by atoms with E-state index >= 15 is 0 Å². The summed E-state index contributed by atoms with van der Waals surface area (Å²) in [5.41, 5.74) is 3.45. The van der Waals surface area contributed by atoms with Gasteiger partial charge in [-0.1, -0.05) is 29.3 Å². The molecule has 2 amide bonds. The van der Waals surface area contributed by atoms with Gasteiger partial charge in [0.1, 0.15) is 0 Å². The van der Waals surface area contributed by atoms with Gasteiger partial charge >= 0.3 is 6.03 Å². The molecule has 0 aliphatic heterocycles. The molecule has 4 nitrogen and oxygen atoms in total. The molecule has 1 N–H and O–H groups in total. The van der Waals surface area contributed by atoms with Gasteiger partial charge in [0.25, 0.3) is 0 Å². The summed E-state index contributed by atoms with van der Waals surface area (Å²) in [6, 6.07) is 4.85. The molecule has 0 spiro atoms. The summed E-state index contributed by atoms with van der Waals surface area (Å²) < 4.78 is 0. The van der Waals surface area contributed by atoms with Crippen molar-refractivity contribution in [2.45, 2.75) is 19.5 Å². The van der Waals surface area contributed by atoms with Crippen LogP contribution in [-0.2, 0) is 6.54 Å². The number of hydrogen-bond acceptors (Lipinski definition) is 3. The van der Waals surface area contributed by atoms with Gasteiger partial charge in [0.05, 0.1) is 23.8 Å². The molecule has 0 saturated carbocycles. The molecular weight excluding hydrogens is 329 g/mol. The van der Waals surface area contributed by atoms with E-state index in [1.165, 1.54) is 11.3 Å². The molecule has 7 heteroatoms. The van der Waals surface area contributed by atoms with Gasteiger partial charge in [-0.15, -0.1) is 11.3 Å². The first-order valence-electron chi connectivity index (χ1n) is 6.31. The Morgan fingerprint density at radius 1 is 1.48 bits per heavy atom. The molecule has 0 saturated heterocycles. The number of carbonyl (C=O) groups excluding carboxylic acids is 1. The van der Waals surface area contributed by atoms with Gasteiger partial charge in [0.2, 0.25) is 0 Å². The Balaban J connectivity index is 1.98. The highest BCUT2D eigenvalue weighted by Crippen LogP contribution is 2.26. The number of urea groups is 1. The van der Waals surface area contributed by atoms with Crippen molar-refractivity contribution in [3.05, 3.63) is 50.4 Å². The summed E-state index contributed by atoms with van der Waals surface area (Å²) >= 11 is 13.5. The second-order valence-corrected chi connectivity index (χ2v) is 6.24. The number of amides is 2. The van der Waals surface area contributed by atoms with E-state index in [4.69, 9.17) is 23.2 Å². The summed E-state index contributed by atoms with van der Waals surface area (Å²) in [7, 11) is 1.73. The Morgan fingerprint density at radius 3 is 2.86 bits per heavy atom. The van der Waals surface area contributed by atoms with E-state index in [-0.39, 0.29) is 12.1 Å². The standard InChI is InChI=1S/C14H15Cl2N3OS/c1-9(12-4-3-10(15)5-13(12)16)18-14(20)19(2)6-11-7-21-8-17-11/h3-5,7-9H,6H2,1-2H3,(H,18,20)/t9-/m1/s1. The molecule has 2 rings (SSSR count). The molecule has 0 radical (unpaired) electrons. The van der Waals surface area contributed by atoms with E-state index in [1.54, 1.807) is 29.6 Å². The van der Waals surface area contributed by atoms with E-state index in [9.17, 15) is 4.79 Å². The highest BCUT2D eigenvalue weighted by Gasteiger charge is 2.16. The van der Waals surface area contributed by atoms with Crippen molar-refractivity contribution in [3.8, 4) is 0 Å². The maximum Gasteiger partial charge on any atom is 0.317 e. The van der Waals surface area contributed by atoms with Crippen LogP contribution in [0.25, 0.3) is 0 Å². The number of halogens is 2. The summed E-state index contributed by atoms with van der Waals surface area (Å²) in [6.07, 6.45) is 0. The van der Waals surface area contributed by atoms with Gasteiger partial charge in [0, 0.05) is 22.5 Å². The van der Waals surface area contributed by atoms with Crippen molar-refractivity contribution in [3.63, 3.8) is 0 Å². The zero-order valence-corrected chi connectivity index (χ0v) is 14.0. The highest BCUT2D eigenvalue weighted by molar-refractivity contribution is 7.07. The Hall–Kier alpha value is -1.30. The first-order chi connectivity index (χ1) is 9.97. The van der Waals surface area contributed by atoms with Crippen LogP contribution >= 0.6 is 34.5 Å². The number of aromatic nitrogens is 1. The molecule has 0 fully saturated rings. The lowest BCUT2D eigenvalue weighted by Gasteiger charge is -2.21. The summed E-state index contributed by atoms with van der Waals surface area (Å²) in [4.78, 5) is 17.9. The Bertz CT molecular complexity index is 619. The van der Waals surface area contributed by atoms with Crippen LogP contribution in [0.3, 0.4) is 0 Å². The average Bonchev–Trinajstić information content (AvgIpc) is 2.91. The minimum absolute atomic E-state index is 0.179. The maximum atomic E-state index is 12.2. The van der Waals surface area contributed by atoms with Crippen LogP contribution in [0, 0.1) is 0 Å². The molecule has 1 atom stereocenters. The molecule has 112 valence electrons. The van der Waals surface area contributed by atoms with Crippen LogP contribution in [0.15, 0.2) is 29.1 Å². The van der Waals surface area contributed by atoms with Crippen molar-refractivity contribution in [2.24, 2.45) is 0 Å². The molecule has 2 aromatic rings. The maximum absolute atomic E-state index is 12.2. The van der Waals surface area contributed by atoms with Crippen molar-refractivity contribution in [2.75, 3.05) is 7.05 Å². The smallest absolute Gasteiger partial charge is 0.317 e. The van der Waals surface area contributed by atoms with E-state index in [0.29, 0.717) is 16.6 Å². The second-order valence-electron chi connectivity index (χ2n) is 4.67. The van der Waals surface area contributed by atoms with Crippen molar-refractivity contribution in [1.29, 1.82) is 0 Å². The van der Waals surface area contributed by atoms with Gasteiger partial charge in [-0.2, -0.15) is 0 Å². The lowest BCUT2D eigenvalue weighted by Crippen LogP contribution is -2.38. The molecular formula is C14H15Cl2N3OS. The molecule has 0 bridgehead atoms.